The van der Waals surface area contributed by atoms with E-state index < -0.39 is 21.6 Å². The monoisotopic (exact) mass is 554 g/mol. The number of nitrogens with zero attached hydrogens (tertiary/aromatic N) is 2. The van der Waals surface area contributed by atoms with Crippen LogP contribution in [0.5, 0.6) is 5.75 Å². The van der Waals surface area contributed by atoms with Crippen LogP contribution in [0.3, 0.4) is 0 Å². The van der Waals surface area contributed by atoms with Crippen LogP contribution in [0.4, 0.5) is 10.2 Å². The lowest BCUT2D eigenvalue weighted by atomic mass is 10.0. The number of rotatable bonds is 8. The average molecular weight is 555 g/mol. The second kappa shape index (κ2) is 11.9. The van der Waals surface area contributed by atoms with Crippen molar-refractivity contribution in [1.29, 1.82) is 0 Å². The van der Waals surface area contributed by atoms with E-state index in [-0.39, 0.29) is 60.3 Å². The van der Waals surface area contributed by atoms with Gasteiger partial charge in [-0.2, -0.15) is 0 Å². The molecule has 1 aliphatic rings. The van der Waals surface area contributed by atoms with E-state index in [0.717, 1.165) is 16.7 Å². The molecule has 0 saturated heterocycles. The lowest BCUT2D eigenvalue weighted by Crippen LogP contribution is -2.33. The molecule has 0 aliphatic carbocycles. The van der Waals surface area contributed by atoms with Gasteiger partial charge in [-0.1, -0.05) is 19.9 Å². The van der Waals surface area contributed by atoms with Gasteiger partial charge >= 0.3 is 0 Å². The first kappa shape index (κ1) is 28.2. The van der Waals surface area contributed by atoms with Crippen molar-refractivity contribution in [2.75, 3.05) is 37.8 Å². The number of aromatic nitrogens is 1. The Labute approximate surface area is 227 Å². The van der Waals surface area contributed by atoms with Crippen LogP contribution in [0.15, 0.2) is 53.6 Å². The van der Waals surface area contributed by atoms with Gasteiger partial charge in [0.15, 0.2) is 9.84 Å². The second-order valence-corrected chi connectivity index (χ2v) is 11.3. The van der Waals surface area contributed by atoms with E-state index in [1.165, 1.54) is 19.1 Å². The first-order chi connectivity index (χ1) is 18.7. The number of benzene rings is 2. The Morgan fingerprint density at radius 2 is 1.87 bits per heavy atom. The molecule has 0 fully saturated rings. The van der Waals surface area contributed by atoms with Gasteiger partial charge < -0.3 is 20.3 Å². The van der Waals surface area contributed by atoms with Gasteiger partial charge in [0.1, 0.15) is 28.9 Å². The summed E-state index contributed by atoms with van der Waals surface area (Å²) in [6, 6.07) is 11.8. The number of nitrogens with one attached hydrogen (secondary N) is 2. The summed E-state index contributed by atoms with van der Waals surface area (Å²) in [5.74, 6) is -0.604. The van der Waals surface area contributed by atoms with Gasteiger partial charge in [-0.25, -0.2) is 17.8 Å². The number of halogens is 1. The molecule has 2 heterocycles. The predicted molar refractivity (Wildman–Crippen MR) is 146 cm³/mol. The quantitative estimate of drug-likeness (QED) is 0.438. The zero-order chi connectivity index (χ0) is 28.2. The summed E-state index contributed by atoms with van der Waals surface area (Å²) in [5.41, 5.74) is 2.66. The minimum absolute atomic E-state index is 0.0848. The van der Waals surface area contributed by atoms with Crippen molar-refractivity contribution in [3.8, 4) is 16.9 Å². The Hall–Kier alpha value is -3.83. The fourth-order valence-electron chi connectivity index (χ4n) is 4.45. The number of hydrogen-bond acceptors (Lipinski definition) is 7. The molecule has 39 heavy (non-hydrogen) atoms. The van der Waals surface area contributed by atoms with Crippen LogP contribution in [-0.4, -0.2) is 62.6 Å². The normalized spacial score (nSPS) is 13.3. The number of pyridine rings is 1. The Bertz CT molecular complexity index is 1490. The van der Waals surface area contributed by atoms with Crippen molar-refractivity contribution in [3.63, 3.8) is 0 Å². The first-order valence-corrected chi connectivity index (χ1v) is 14.3. The number of amides is 2. The van der Waals surface area contributed by atoms with Crippen LogP contribution in [-0.2, 0) is 27.6 Å². The number of ether oxygens (including phenoxy) is 1. The van der Waals surface area contributed by atoms with Crippen molar-refractivity contribution >= 4 is 27.5 Å². The van der Waals surface area contributed by atoms with Crippen molar-refractivity contribution in [2.24, 2.45) is 0 Å². The molecule has 4 rings (SSSR count). The van der Waals surface area contributed by atoms with E-state index in [2.05, 4.69) is 15.6 Å². The molecule has 1 aliphatic heterocycles. The molecular weight excluding hydrogens is 523 g/mol. The molecule has 1 aromatic heterocycles. The lowest BCUT2D eigenvalue weighted by molar-refractivity contribution is -0.115. The maximum atomic E-state index is 15.2. The third kappa shape index (κ3) is 6.10. The highest BCUT2D eigenvalue weighted by molar-refractivity contribution is 7.91. The molecule has 2 N–H and O–H groups in total. The smallest absolute Gasteiger partial charge is 0.254 e. The SMILES string of the molecule is CCc1c(C(=O)N2CCOc3ccc(-c4ccc(NC(=O)CNC)nc4)cc3C2)ccc(S(=O)(=O)CC)c1F. The highest BCUT2D eigenvalue weighted by atomic mass is 32.2. The van der Waals surface area contributed by atoms with Gasteiger partial charge in [-0.15, -0.1) is 0 Å². The van der Waals surface area contributed by atoms with Gasteiger partial charge in [0.05, 0.1) is 18.8 Å². The van der Waals surface area contributed by atoms with Gasteiger partial charge in [0, 0.05) is 35.0 Å². The molecule has 2 aromatic carbocycles. The van der Waals surface area contributed by atoms with E-state index in [9.17, 15) is 18.0 Å². The summed E-state index contributed by atoms with van der Waals surface area (Å²) in [4.78, 5) is 30.8. The number of sulfone groups is 1. The number of likely N-dealkylation sites (N-methyl/N-ethyl adjacent to an activating group) is 1. The summed E-state index contributed by atoms with van der Waals surface area (Å²) < 4.78 is 45.8. The Morgan fingerprint density at radius 3 is 2.54 bits per heavy atom. The van der Waals surface area contributed by atoms with Crippen LogP contribution < -0.4 is 15.4 Å². The summed E-state index contributed by atoms with van der Waals surface area (Å²) in [7, 11) is -2.08. The average Bonchev–Trinajstić information content (AvgIpc) is 3.15. The van der Waals surface area contributed by atoms with Crippen LogP contribution in [0.1, 0.15) is 35.3 Å². The Kier molecular flexibility index (Phi) is 8.61. The number of fused-ring (bicyclic) bond motifs is 1. The van der Waals surface area contributed by atoms with Gasteiger partial charge in [0.25, 0.3) is 5.91 Å². The number of anilines is 1. The van der Waals surface area contributed by atoms with Gasteiger partial charge in [-0.05, 0) is 55.4 Å². The van der Waals surface area contributed by atoms with E-state index in [0.29, 0.717) is 11.6 Å². The minimum atomic E-state index is -3.77. The third-order valence-corrected chi connectivity index (χ3v) is 8.28. The molecule has 0 radical (unpaired) electrons. The van der Waals surface area contributed by atoms with Crippen molar-refractivity contribution in [2.45, 2.75) is 31.7 Å². The Morgan fingerprint density at radius 1 is 1.10 bits per heavy atom. The van der Waals surface area contributed by atoms with E-state index in [4.69, 9.17) is 4.74 Å². The molecule has 2 amide bonds. The zero-order valence-corrected chi connectivity index (χ0v) is 22.9. The molecule has 9 nitrogen and oxygen atoms in total. The van der Waals surface area contributed by atoms with Crippen molar-refractivity contribution in [3.05, 3.63) is 71.2 Å². The van der Waals surface area contributed by atoms with Crippen LogP contribution in [0, 0.1) is 5.82 Å². The largest absolute Gasteiger partial charge is 0.491 e. The molecule has 0 atom stereocenters. The molecule has 0 unspecified atom stereocenters. The van der Waals surface area contributed by atoms with E-state index in [1.807, 2.05) is 24.3 Å². The summed E-state index contributed by atoms with van der Waals surface area (Å²) >= 11 is 0. The fourth-order valence-corrected chi connectivity index (χ4v) is 5.43. The molecule has 0 spiro atoms. The highest BCUT2D eigenvalue weighted by Gasteiger charge is 2.27. The van der Waals surface area contributed by atoms with Crippen LogP contribution in [0.2, 0.25) is 0 Å². The van der Waals surface area contributed by atoms with Gasteiger partial charge in [0.2, 0.25) is 5.91 Å². The standard InChI is InChI=1S/C28H31FN4O5S/c1-4-21-22(8-10-24(27(21)29)39(36,37)5-2)28(35)33-12-13-38-23-9-6-18(14-20(23)17-33)19-7-11-25(31-15-19)32-26(34)16-30-3/h6-11,14-15,30H,4-5,12-13,16-17H2,1-3H3,(H,31,32,34). The molecular formula is C28H31FN4O5S. The molecule has 11 heteroatoms. The maximum absolute atomic E-state index is 15.2. The summed E-state index contributed by atoms with van der Waals surface area (Å²) in [6.07, 6.45) is 1.82. The Balaban J connectivity index is 1.59. The zero-order valence-electron chi connectivity index (χ0n) is 22.1. The van der Waals surface area contributed by atoms with Crippen LogP contribution in [0.25, 0.3) is 11.1 Å². The van der Waals surface area contributed by atoms with Crippen LogP contribution >= 0.6 is 0 Å². The first-order valence-electron chi connectivity index (χ1n) is 12.7. The second-order valence-electron chi connectivity index (χ2n) is 9.07. The van der Waals surface area contributed by atoms with E-state index in [1.54, 1.807) is 31.1 Å². The topological polar surface area (TPSA) is 118 Å². The third-order valence-electron chi connectivity index (χ3n) is 6.54. The number of hydrogen-bond donors (Lipinski definition) is 2. The predicted octanol–water partition coefficient (Wildman–Crippen LogP) is 3.44. The van der Waals surface area contributed by atoms with E-state index >= 15 is 4.39 Å². The molecule has 3 aromatic rings. The minimum Gasteiger partial charge on any atom is -0.491 e. The maximum Gasteiger partial charge on any atom is 0.254 e. The van der Waals surface area contributed by atoms with Crippen molar-refractivity contribution in [1.82, 2.24) is 15.2 Å². The lowest BCUT2D eigenvalue weighted by Gasteiger charge is -2.22. The summed E-state index contributed by atoms with van der Waals surface area (Å²) in [6.45, 7) is 4.09. The summed E-state index contributed by atoms with van der Waals surface area (Å²) in [5, 5.41) is 5.48. The molecule has 0 bridgehead atoms. The van der Waals surface area contributed by atoms with Gasteiger partial charge in [-0.3, -0.25) is 9.59 Å². The van der Waals surface area contributed by atoms with Crippen molar-refractivity contribution < 1.29 is 27.1 Å². The molecule has 0 saturated carbocycles. The fraction of sp³-hybridized carbons (Fsp3) is 0.321. The number of carbonyl (C=O) groups is 2. The highest BCUT2D eigenvalue weighted by Crippen LogP contribution is 2.31. The molecule has 206 valence electrons. The number of carbonyl (C=O) groups excluding carboxylic acids is 2.